The number of hydrogen-bond acceptors (Lipinski definition) is 3. The topological polar surface area (TPSA) is 42.0 Å². The number of nitrogens with zero attached hydrogens (tertiary/aromatic N) is 1. The Kier molecular flexibility index (Phi) is 4.54. The van der Waals surface area contributed by atoms with Crippen molar-refractivity contribution >= 4 is 40.9 Å². The molecule has 6 heteroatoms. The second kappa shape index (κ2) is 5.94. The Morgan fingerprint density at radius 2 is 2.41 bits per heavy atom. The lowest BCUT2D eigenvalue weighted by Crippen LogP contribution is -2.29. The maximum atomic E-state index is 11.9. The molecule has 1 saturated heterocycles. The molecule has 0 spiro atoms. The van der Waals surface area contributed by atoms with Gasteiger partial charge in [-0.1, -0.05) is 23.2 Å². The molecule has 1 unspecified atom stereocenters. The van der Waals surface area contributed by atoms with Gasteiger partial charge in [0.1, 0.15) is 5.15 Å². The first kappa shape index (κ1) is 13.0. The first-order valence-corrected chi connectivity index (χ1v) is 7.18. The van der Waals surface area contributed by atoms with Crippen LogP contribution >= 0.6 is 35.0 Å². The molecule has 1 aromatic rings. The standard InChI is InChI=1S/C11H12Cl2N2OS/c12-9-6-14-10(13)4-8(9)11(16)15-5-7-2-1-3-17-7/h4,6-7H,1-3,5H2,(H,15,16). The third-order valence-electron chi connectivity index (χ3n) is 2.58. The molecule has 1 atom stereocenters. The predicted octanol–water partition coefficient (Wildman–Crippen LogP) is 3.01. The maximum absolute atomic E-state index is 11.9. The van der Waals surface area contributed by atoms with Crippen LogP contribution in [0.15, 0.2) is 12.3 Å². The van der Waals surface area contributed by atoms with Crippen molar-refractivity contribution in [2.45, 2.75) is 18.1 Å². The molecule has 1 fully saturated rings. The van der Waals surface area contributed by atoms with E-state index < -0.39 is 0 Å². The van der Waals surface area contributed by atoms with Crippen LogP contribution in [-0.4, -0.2) is 28.4 Å². The Morgan fingerprint density at radius 3 is 3.12 bits per heavy atom. The van der Waals surface area contributed by atoms with Crippen molar-refractivity contribution in [1.82, 2.24) is 10.3 Å². The van der Waals surface area contributed by atoms with E-state index in [0.717, 1.165) is 6.42 Å². The van der Waals surface area contributed by atoms with Gasteiger partial charge in [-0.05, 0) is 24.7 Å². The van der Waals surface area contributed by atoms with E-state index in [9.17, 15) is 4.79 Å². The van der Waals surface area contributed by atoms with E-state index >= 15 is 0 Å². The summed E-state index contributed by atoms with van der Waals surface area (Å²) in [6.07, 6.45) is 3.78. The van der Waals surface area contributed by atoms with E-state index in [-0.39, 0.29) is 11.1 Å². The van der Waals surface area contributed by atoms with Crippen LogP contribution in [0, 0.1) is 0 Å². The number of thioether (sulfide) groups is 1. The molecule has 92 valence electrons. The highest BCUT2D eigenvalue weighted by Crippen LogP contribution is 2.25. The Bertz CT molecular complexity index is 422. The molecule has 1 aliphatic heterocycles. The molecule has 1 N–H and O–H groups in total. The van der Waals surface area contributed by atoms with Crippen LogP contribution in [0.5, 0.6) is 0 Å². The maximum Gasteiger partial charge on any atom is 0.253 e. The Labute approximate surface area is 114 Å². The zero-order chi connectivity index (χ0) is 12.3. The van der Waals surface area contributed by atoms with E-state index in [1.165, 1.54) is 24.4 Å². The molecule has 1 aliphatic rings. The first-order valence-electron chi connectivity index (χ1n) is 5.37. The third-order valence-corrected chi connectivity index (χ3v) is 4.49. The lowest BCUT2D eigenvalue weighted by molar-refractivity contribution is 0.0953. The van der Waals surface area contributed by atoms with E-state index in [1.54, 1.807) is 0 Å². The van der Waals surface area contributed by atoms with Crippen molar-refractivity contribution in [1.29, 1.82) is 0 Å². The molecule has 0 saturated carbocycles. The highest BCUT2D eigenvalue weighted by Gasteiger charge is 2.18. The third kappa shape index (κ3) is 3.50. The fourth-order valence-corrected chi connectivity index (χ4v) is 3.24. The van der Waals surface area contributed by atoms with Gasteiger partial charge in [-0.25, -0.2) is 4.98 Å². The molecule has 0 bridgehead atoms. The number of nitrogens with one attached hydrogen (secondary N) is 1. The van der Waals surface area contributed by atoms with Crippen molar-refractivity contribution < 1.29 is 4.79 Å². The van der Waals surface area contributed by atoms with Gasteiger partial charge in [-0.15, -0.1) is 0 Å². The lowest BCUT2D eigenvalue weighted by atomic mass is 10.2. The fraction of sp³-hybridized carbons (Fsp3) is 0.455. The van der Waals surface area contributed by atoms with Crippen LogP contribution in [0.4, 0.5) is 0 Å². The van der Waals surface area contributed by atoms with E-state index in [4.69, 9.17) is 23.2 Å². The molecule has 2 heterocycles. The number of rotatable bonds is 3. The van der Waals surface area contributed by atoms with Crippen LogP contribution in [0.25, 0.3) is 0 Å². The number of halogens is 2. The van der Waals surface area contributed by atoms with Crippen LogP contribution < -0.4 is 5.32 Å². The van der Waals surface area contributed by atoms with Gasteiger partial charge in [-0.2, -0.15) is 11.8 Å². The molecule has 17 heavy (non-hydrogen) atoms. The average Bonchev–Trinajstić information content (AvgIpc) is 2.82. The number of carbonyl (C=O) groups is 1. The van der Waals surface area contributed by atoms with Crippen molar-refractivity contribution in [3.8, 4) is 0 Å². The molecule has 0 radical (unpaired) electrons. The summed E-state index contributed by atoms with van der Waals surface area (Å²) in [5.41, 5.74) is 0.384. The van der Waals surface area contributed by atoms with E-state index in [2.05, 4.69) is 10.3 Å². The monoisotopic (exact) mass is 290 g/mol. The number of aromatic nitrogens is 1. The summed E-state index contributed by atoms with van der Waals surface area (Å²) in [5, 5.41) is 4.00. The molecule has 3 nitrogen and oxygen atoms in total. The van der Waals surface area contributed by atoms with Gasteiger partial charge in [0.05, 0.1) is 10.6 Å². The summed E-state index contributed by atoms with van der Waals surface area (Å²) in [4.78, 5) is 15.7. The smallest absolute Gasteiger partial charge is 0.253 e. The SMILES string of the molecule is O=C(NCC1CCCS1)c1cc(Cl)ncc1Cl. The number of hydrogen-bond donors (Lipinski definition) is 1. The fourth-order valence-electron chi connectivity index (χ4n) is 1.69. The van der Waals surface area contributed by atoms with Crippen LogP contribution in [0.1, 0.15) is 23.2 Å². The first-order chi connectivity index (χ1) is 8.16. The summed E-state index contributed by atoms with van der Waals surface area (Å²) in [5.74, 6) is 0.995. The molecule has 0 aliphatic carbocycles. The van der Waals surface area contributed by atoms with Gasteiger partial charge in [0.25, 0.3) is 5.91 Å². The number of pyridine rings is 1. The van der Waals surface area contributed by atoms with Gasteiger partial charge in [0.15, 0.2) is 0 Å². The van der Waals surface area contributed by atoms with Crippen molar-refractivity contribution in [3.05, 3.63) is 28.0 Å². The van der Waals surface area contributed by atoms with Crippen molar-refractivity contribution in [3.63, 3.8) is 0 Å². The lowest BCUT2D eigenvalue weighted by Gasteiger charge is -2.10. The highest BCUT2D eigenvalue weighted by atomic mass is 35.5. The summed E-state index contributed by atoms with van der Waals surface area (Å²) < 4.78 is 0. The van der Waals surface area contributed by atoms with Crippen LogP contribution in [0.2, 0.25) is 10.2 Å². The summed E-state index contributed by atoms with van der Waals surface area (Å²) in [6, 6.07) is 1.49. The zero-order valence-corrected chi connectivity index (χ0v) is 11.4. The van der Waals surface area contributed by atoms with Crippen LogP contribution in [-0.2, 0) is 0 Å². The van der Waals surface area contributed by atoms with Crippen molar-refractivity contribution in [2.24, 2.45) is 0 Å². The summed E-state index contributed by atoms with van der Waals surface area (Å²) >= 11 is 13.5. The normalized spacial score (nSPS) is 19.3. The minimum Gasteiger partial charge on any atom is -0.351 e. The van der Waals surface area contributed by atoms with Crippen molar-refractivity contribution in [2.75, 3.05) is 12.3 Å². The minimum absolute atomic E-state index is 0.188. The summed E-state index contributed by atoms with van der Waals surface area (Å²) in [6.45, 7) is 0.680. The van der Waals surface area contributed by atoms with Gasteiger partial charge in [0.2, 0.25) is 0 Å². The van der Waals surface area contributed by atoms with Gasteiger partial charge in [-0.3, -0.25) is 4.79 Å². The van der Waals surface area contributed by atoms with Gasteiger partial charge >= 0.3 is 0 Å². The predicted molar refractivity (Wildman–Crippen MR) is 72.1 cm³/mol. The Balaban J connectivity index is 1.96. The molecule has 1 aromatic heterocycles. The largest absolute Gasteiger partial charge is 0.351 e. The molecular formula is C11H12Cl2N2OS. The van der Waals surface area contributed by atoms with Gasteiger partial charge < -0.3 is 5.32 Å². The van der Waals surface area contributed by atoms with E-state index in [0.29, 0.717) is 22.4 Å². The second-order valence-corrected chi connectivity index (χ2v) is 6.03. The van der Waals surface area contributed by atoms with Crippen LogP contribution in [0.3, 0.4) is 0 Å². The Morgan fingerprint density at radius 1 is 1.59 bits per heavy atom. The summed E-state index contributed by atoms with van der Waals surface area (Å²) in [7, 11) is 0. The second-order valence-electron chi connectivity index (χ2n) is 3.83. The zero-order valence-electron chi connectivity index (χ0n) is 9.08. The van der Waals surface area contributed by atoms with E-state index in [1.807, 2.05) is 11.8 Å². The number of carbonyl (C=O) groups excluding carboxylic acids is 1. The van der Waals surface area contributed by atoms with Gasteiger partial charge in [0, 0.05) is 18.0 Å². The molecule has 2 rings (SSSR count). The molecule has 0 aromatic carbocycles. The Hall–Kier alpha value is -0.450. The molecule has 1 amide bonds. The average molecular weight is 291 g/mol. The minimum atomic E-state index is -0.188. The molecular weight excluding hydrogens is 279 g/mol. The highest BCUT2D eigenvalue weighted by molar-refractivity contribution is 8.00. The number of amides is 1. The quantitative estimate of drug-likeness (QED) is 0.870.